The van der Waals surface area contributed by atoms with Crippen LogP contribution < -0.4 is 10.5 Å². The Morgan fingerprint density at radius 1 is 1.47 bits per heavy atom. The number of piperidine rings is 1. The van der Waals surface area contributed by atoms with Crippen molar-refractivity contribution in [3.05, 3.63) is 23.5 Å². The maximum absolute atomic E-state index is 13.7. The Hall–Kier alpha value is -1.82. The number of likely N-dealkylation sites (tertiary alicyclic amines) is 1. The SMILES string of the molecule is CN1CCC(Oc2cc(C(=O)O)c(N)cc2F)CC1. The van der Waals surface area contributed by atoms with E-state index in [4.69, 9.17) is 15.6 Å². The topological polar surface area (TPSA) is 75.8 Å². The van der Waals surface area contributed by atoms with E-state index >= 15 is 0 Å². The molecule has 1 saturated heterocycles. The van der Waals surface area contributed by atoms with Gasteiger partial charge in [-0.2, -0.15) is 0 Å². The van der Waals surface area contributed by atoms with Gasteiger partial charge in [0, 0.05) is 24.8 Å². The number of nitrogens with zero attached hydrogens (tertiary/aromatic N) is 1. The largest absolute Gasteiger partial charge is 0.487 e. The normalized spacial score (nSPS) is 17.4. The number of nitrogens with two attached hydrogens (primary N) is 1. The summed E-state index contributed by atoms with van der Waals surface area (Å²) >= 11 is 0. The fraction of sp³-hybridized carbons (Fsp3) is 0.462. The summed E-state index contributed by atoms with van der Waals surface area (Å²) < 4.78 is 19.3. The maximum Gasteiger partial charge on any atom is 0.337 e. The highest BCUT2D eigenvalue weighted by atomic mass is 19.1. The molecule has 0 saturated carbocycles. The van der Waals surface area contributed by atoms with E-state index in [0.717, 1.165) is 38.1 Å². The first-order chi connectivity index (χ1) is 8.97. The second-order valence-electron chi connectivity index (χ2n) is 4.80. The van der Waals surface area contributed by atoms with Crippen LogP contribution in [0, 0.1) is 5.82 Å². The average molecular weight is 268 g/mol. The van der Waals surface area contributed by atoms with E-state index in [1.54, 1.807) is 0 Å². The predicted molar refractivity (Wildman–Crippen MR) is 68.9 cm³/mol. The summed E-state index contributed by atoms with van der Waals surface area (Å²) in [7, 11) is 2.02. The van der Waals surface area contributed by atoms with Crippen molar-refractivity contribution < 1.29 is 19.0 Å². The number of benzene rings is 1. The Morgan fingerprint density at radius 2 is 2.11 bits per heavy atom. The number of hydrogen-bond acceptors (Lipinski definition) is 4. The summed E-state index contributed by atoms with van der Waals surface area (Å²) in [5, 5.41) is 8.96. The van der Waals surface area contributed by atoms with Crippen LogP contribution in [0.4, 0.5) is 10.1 Å². The Morgan fingerprint density at radius 3 is 2.68 bits per heavy atom. The molecule has 0 unspecified atom stereocenters. The molecular weight excluding hydrogens is 251 g/mol. The molecule has 1 aromatic rings. The molecule has 3 N–H and O–H groups in total. The maximum atomic E-state index is 13.7. The van der Waals surface area contributed by atoms with Gasteiger partial charge in [0.1, 0.15) is 6.10 Å². The van der Waals surface area contributed by atoms with Crippen LogP contribution in [-0.4, -0.2) is 42.2 Å². The number of ether oxygens (including phenoxy) is 1. The molecular formula is C13H17FN2O3. The molecule has 0 atom stereocenters. The number of halogens is 1. The third-order valence-corrected chi connectivity index (χ3v) is 3.29. The lowest BCUT2D eigenvalue weighted by atomic mass is 10.1. The number of anilines is 1. The van der Waals surface area contributed by atoms with E-state index in [9.17, 15) is 9.18 Å². The van der Waals surface area contributed by atoms with Gasteiger partial charge in [-0.1, -0.05) is 0 Å². The molecule has 0 spiro atoms. The second kappa shape index (κ2) is 5.44. The molecule has 0 aromatic heterocycles. The van der Waals surface area contributed by atoms with Crippen LogP contribution in [0.15, 0.2) is 12.1 Å². The minimum atomic E-state index is -1.19. The highest BCUT2D eigenvalue weighted by Gasteiger charge is 2.21. The first-order valence-electron chi connectivity index (χ1n) is 6.15. The van der Waals surface area contributed by atoms with E-state index in [1.807, 2.05) is 7.05 Å². The standard InChI is InChI=1S/C13H17FN2O3/c1-16-4-2-8(3-5-16)19-12-6-9(13(17)18)11(15)7-10(12)14/h6-8H,2-5,15H2,1H3,(H,17,18). The minimum absolute atomic E-state index is 0.0406. The second-order valence-corrected chi connectivity index (χ2v) is 4.80. The van der Waals surface area contributed by atoms with E-state index < -0.39 is 11.8 Å². The van der Waals surface area contributed by atoms with Crippen molar-refractivity contribution >= 4 is 11.7 Å². The summed E-state index contributed by atoms with van der Waals surface area (Å²) in [6.45, 7) is 1.76. The smallest absolute Gasteiger partial charge is 0.337 e. The molecule has 1 aromatic carbocycles. The average Bonchev–Trinajstić information content (AvgIpc) is 2.34. The third kappa shape index (κ3) is 3.14. The fourth-order valence-electron chi connectivity index (χ4n) is 2.13. The minimum Gasteiger partial charge on any atom is -0.487 e. The van der Waals surface area contributed by atoms with Crippen LogP contribution in [0.5, 0.6) is 5.75 Å². The fourth-order valence-corrected chi connectivity index (χ4v) is 2.13. The van der Waals surface area contributed by atoms with Gasteiger partial charge in [0.15, 0.2) is 11.6 Å². The van der Waals surface area contributed by atoms with Crippen molar-refractivity contribution in [3.63, 3.8) is 0 Å². The number of hydrogen-bond donors (Lipinski definition) is 2. The van der Waals surface area contributed by atoms with Crippen molar-refractivity contribution in [1.82, 2.24) is 4.90 Å². The van der Waals surface area contributed by atoms with E-state index in [-0.39, 0.29) is 23.1 Å². The number of aromatic carboxylic acids is 1. The van der Waals surface area contributed by atoms with Crippen molar-refractivity contribution in [1.29, 1.82) is 0 Å². The quantitative estimate of drug-likeness (QED) is 0.814. The molecule has 104 valence electrons. The van der Waals surface area contributed by atoms with E-state index in [0.29, 0.717) is 0 Å². The first kappa shape index (κ1) is 13.6. The Kier molecular flexibility index (Phi) is 3.90. The van der Waals surface area contributed by atoms with Crippen molar-refractivity contribution in [3.8, 4) is 5.75 Å². The van der Waals surface area contributed by atoms with Gasteiger partial charge in [0.25, 0.3) is 0 Å². The van der Waals surface area contributed by atoms with Crippen molar-refractivity contribution in [2.24, 2.45) is 0 Å². The molecule has 5 nitrogen and oxygen atoms in total. The number of carboxylic acids is 1. The van der Waals surface area contributed by atoms with Gasteiger partial charge in [-0.25, -0.2) is 9.18 Å². The molecule has 6 heteroatoms. The molecule has 1 heterocycles. The molecule has 2 rings (SSSR count). The van der Waals surface area contributed by atoms with Crippen LogP contribution in [0.2, 0.25) is 0 Å². The molecule has 0 aliphatic carbocycles. The van der Waals surface area contributed by atoms with Crippen LogP contribution in [-0.2, 0) is 0 Å². The highest BCUT2D eigenvalue weighted by molar-refractivity contribution is 5.94. The van der Waals surface area contributed by atoms with Crippen molar-refractivity contribution in [2.45, 2.75) is 18.9 Å². The molecule has 1 aliphatic heterocycles. The summed E-state index contributed by atoms with van der Waals surface area (Å²) in [4.78, 5) is 13.1. The molecule has 0 radical (unpaired) electrons. The van der Waals surface area contributed by atoms with Gasteiger partial charge in [0.2, 0.25) is 0 Å². The van der Waals surface area contributed by atoms with Gasteiger partial charge >= 0.3 is 5.97 Å². The Bertz CT molecular complexity index is 485. The molecule has 0 bridgehead atoms. The predicted octanol–water partition coefficient (Wildman–Crippen LogP) is 1.58. The highest BCUT2D eigenvalue weighted by Crippen LogP contribution is 2.27. The lowest BCUT2D eigenvalue weighted by Gasteiger charge is -2.29. The van der Waals surface area contributed by atoms with Crippen LogP contribution in [0.1, 0.15) is 23.2 Å². The van der Waals surface area contributed by atoms with Crippen LogP contribution >= 0.6 is 0 Å². The summed E-state index contributed by atoms with van der Waals surface area (Å²) in [6.07, 6.45) is 1.50. The van der Waals surface area contributed by atoms with Gasteiger partial charge < -0.3 is 20.5 Å². The first-order valence-corrected chi connectivity index (χ1v) is 6.15. The third-order valence-electron chi connectivity index (χ3n) is 3.29. The van der Waals surface area contributed by atoms with Crippen LogP contribution in [0.25, 0.3) is 0 Å². The number of rotatable bonds is 3. The Labute approximate surface area is 110 Å². The lowest BCUT2D eigenvalue weighted by molar-refractivity contribution is 0.0696. The number of carboxylic acid groups (broad SMARTS) is 1. The number of carbonyl (C=O) groups is 1. The van der Waals surface area contributed by atoms with Crippen LogP contribution in [0.3, 0.4) is 0 Å². The van der Waals surface area contributed by atoms with Gasteiger partial charge in [-0.05, 0) is 26.0 Å². The molecule has 1 fully saturated rings. The van der Waals surface area contributed by atoms with Gasteiger partial charge in [0.05, 0.1) is 5.56 Å². The monoisotopic (exact) mass is 268 g/mol. The number of nitrogen functional groups attached to an aromatic ring is 1. The van der Waals surface area contributed by atoms with Gasteiger partial charge in [-0.15, -0.1) is 0 Å². The zero-order valence-corrected chi connectivity index (χ0v) is 10.7. The molecule has 0 amide bonds. The summed E-state index contributed by atoms with van der Waals surface area (Å²) in [6, 6.07) is 2.15. The zero-order chi connectivity index (χ0) is 14.0. The molecule has 1 aliphatic rings. The lowest BCUT2D eigenvalue weighted by Crippen LogP contribution is -2.35. The molecule has 19 heavy (non-hydrogen) atoms. The van der Waals surface area contributed by atoms with Crippen molar-refractivity contribution in [2.75, 3.05) is 25.9 Å². The Balaban J connectivity index is 2.15. The summed E-state index contributed by atoms with van der Waals surface area (Å²) in [5.41, 5.74) is 5.23. The zero-order valence-electron chi connectivity index (χ0n) is 10.7. The van der Waals surface area contributed by atoms with E-state index in [2.05, 4.69) is 4.90 Å². The summed E-state index contributed by atoms with van der Waals surface area (Å²) in [5.74, 6) is -1.85. The van der Waals surface area contributed by atoms with Gasteiger partial charge in [-0.3, -0.25) is 0 Å². The van der Waals surface area contributed by atoms with E-state index in [1.165, 1.54) is 0 Å².